The minimum atomic E-state index is -0.00833. The molecule has 0 aliphatic carbocycles. The van der Waals surface area contributed by atoms with Crippen molar-refractivity contribution >= 4 is 0 Å². The SMILES string of the molecule is CC1(c2n[nH]c(C3CCCN3)n2)CCCOC1. The van der Waals surface area contributed by atoms with Crippen molar-refractivity contribution in [1.82, 2.24) is 20.5 Å². The zero-order valence-electron chi connectivity index (χ0n) is 10.3. The van der Waals surface area contributed by atoms with E-state index in [4.69, 9.17) is 4.74 Å². The molecule has 3 heterocycles. The van der Waals surface area contributed by atoms with Gasteiger partial charge in [0.05, 0.1) is 18.1 Å². The van der Waals surface area contributed by atoms with E-state index in [2.05, 4.69) is 27.4 Å². The van der Waals surface area contributed by atoms with Gasteiger partial charge in [-0.15, -0.1) is 0 Å². The predicted octanol–water partition coefficient (Wildman–Crippen LogP) is 1.30. The molecule has 3 rings (SSSR count). The quantitative estimate of drug-likeness (QED) is 0.812. The Hall–Kier alpha value is -0.940. The smallest absolute Gasteiger partial charge is 0.158 e. The molecule has 1 aromatic heterocycles. The summed E-state index contributed by atoms with van der Waals surface area (Å²) >= 11 is 0. The highest BCUT2D eigenvalue weighted by Gasteiger charge is 2.34. The van der Waals surface area contributed by atoms with Gasteiger partial charge in [-0.25, -0.2) is 4.98 Å². The lowest BCUT2D eigenvalue weighted by molar-refractivity contribution is 0.0385. The fourth-order valence-electron chi connectivity index (χ4n) is 2.73. The van der Waals surface area contributed by atoms with Gasteiger partial charge in [-0.1, -0.05) is 6.92 Å². The molecule has 2 aliphatic rings. The molecule has 94 valence electrons. The van der Waals surface area contributed by atoms with Gasteiger partial charge in [0.2, 0.25) is 0 Å². The van der Waals surface area contributed by atoms with Gasteiger partial charge in [-0.2, -0.15) is 5.10 Å². The highest BCUT2D eigenvalue weighted by atomic mass is 16.5. The Morgan fingerprint density at radius 3 is 3.06 bits per heavy atom. The first kappa shape index (κ1) is 11.2. The molecule has 5 heteroatoms. The summed E-state index contributed by atoms with van der Waals surface area (Å²) in [5.41, 5.74) is -0.00833. The minimum absolute atomic E-state index is 0.00833. The zero-order valence-corrected chi connectivity index (χ0v) is 10.3. The Bertz CT molecular complexity index is 378. The van der Waals surface area contributed by atoms with Crippen LogP contribution in [0.4, 0.5) is 0 Å². The van der Waals surface area contributed by atoms with Crippen LogP contribution in [0, 0.1) is 0 Å². The van der Waals surface area contributed by atoms with Crippen molar-refractivity contribution in [3.05, 3.63) is 11.6 Å². The van der Waals surface area contributed by atoms with E-state index in [1.807, 2.05) is 0 Å². The van der Waals surface area contributed by atoms with Crippen molar-refractivity contribution in [3.8, 4) is 0 Å². The topological polar surface area (TPSA) is 62.8 Å². The molecule has 2 saturated heterocycles. The van der Waals surface area contributed by atoms with Crippen LogP contribution in [0.15, 0.2) is 0 Å². The van der Waals surface area contributed by atoms with E-state index in [0.29, 0.717) is 6.04 Å². The van der Waals surface area contributed by atoms with Crippen molar-refractivity contribution in [3.63, 3.8) is 0 Å². The molecule has 0 amide bonds. The van der Waals surface area contributed by atoms with Crippen LogP contribution in [0.25, 0.3) is 0 Å². The van der Waals surface area contributed by atoms with E-state index < -0.39 is 0 Å². The zero-order chi connectivity index (χ0) is 11.7. The van der Waals surface area contributed by atoms with Crippen molar-refractivity contribution in [2.45, 2.75) is 44.1 Å². The summed E-state index contributed by atoms with van der Waals surface area (Å²) in [5, 5.41) is 10.9. The third-order valence-corrected chi connectivity index (χ3v) is 3.87. The number of ether oxygens (including phenoxy) is 1. The van der Waals surface area contributed by atoms with E-state index in [0.717, 1.165) is 50.7 Å². The Morgan fingerprint density at radius 1 is 1.41 bits per heavy atom. The average molecular weight is 236 g/mol. The molecule has 1 aromatic rings. The summed E-state index contributed by atoms with van der Waals surface area (Å²) in [6, 6.07) is 0.365. The molecule has 0 aromatic carbocycles. The molecular weight excluding hydrogens is 216 g/mol. The number of H-pyrrole nitrogens is 1. The Labute approximate surface area is 101 Å². The number of hydrogen-bond acceptors (Lipinski definition) is 4. The third kappa shape index (κ3) is 2.09. The summed E-state index contributed by atoms with van der Waals surface area (Å²) in [5.74, 6) is 1.91. The minimum Gasteiger partial charge on any atom is -0.380 e. The monoisotopic (exact) mass is 236 g/mol. The van der Waals surface area contributed by atoms with Crippen molar-refractivity contribution < 1.29 is 4.74 Å². The molecule has 2 N–H and O–H groups in total. The van der Waals surface area contributed by atoms with Gasteiger partial charge in [-0.05, 0) is 32.2 Å². The van der Waals surface area contributed by atoms with Gasteiger partial charge in [0.15, 0.2) is 5.82 Å². The average Bonchev–Trinajstić information content (AvgIpc) is 3.01. The van der Waals surface area contributed by atoms with Crippen LogP contribution in [0.1, 0.15) is 50.3 Å². The van der Waals surface area contributed by atoms with Gasteiger partial charge in [0, 0.05) is 6.61 Å². The molecule has 2 fully saturated rings. The molecule has 2 unspecified atom stereocenters. The van der Waals surface area contributed by atoms with Gasteiger partial charge in [0.1, 0.15) is 5.82 Å². The van der Waals surface area contributed by atoms with E-state index in [1.54, 1.807) is 0 Å². The summed E-state index contributed by atoms with van der Waals surface area (Å²) in [7, 11) is 0. The molecular formula is C12H20N4O. The van der Waals surface area contributed by atoms with Crippen LogP contribution in [0.5, 0.6) is 0 Å². The first-order chi connectivity index (χ1) is 8.28. The van der Waals surface area contributed by atoms with Crippen LogP contribution >= 0.6 is 0 Å². The van der Waals surface area contributed by atoms with Crippen LogP contribution in [0.3, 0.4) is 0 Å². The fourth-order valence-corrected chi connectivity index (χ4v) is 2.73. The highest BCUT2D eigenvalue weighted by Crippen LogP contribution is 2.31. The lowest BCUT2D eigenvalue weighted by atomic mass is 9.84. The standard InChI is InChI=1S/C12H20N4O/c1-12(5-3-7-17-8-12)11-14-10(15-16-11)9-4-2-6-13-9/h9,13H,2-8H2,1H3,(H,14,15,16). The normalized spacial score (nSPS) is 34.1. The van der Waals surface area contributed by atoms with Crippen LogP contribution in [-0.4, -0.2) is 34.9 Å². The summed E-state index contributed by atoms with van der Waals surface area (Å²) < 4.78 is 5.56. The molecule has 5 nitrogen and oxygen atoms in total. The number of nitrogens with zero attached hydrogens (tertiary/aromatic N) is 2. The lowest BCUT2D eigenvalue weighted by Gasteiger charge is -2.30. The highest BCUT2D eigenvalue weighted by molar-refractivity contribution is 5.09. The maximum absolute atomic E-state index is 5.56. The van der Waals surface area contributed by atoms with E-state index in [9.17, 15) is 0 Å². The first-order valence-electron chi connectivity index (χ1n) is 6.52. The molecule has 0 saturated carbocycles. The number of rotatable bonds is 2. The third-order valence-electron chi connectivity index (χ3n) is 3.87. The second-order valence-corrected chi connectivity index (χ2v) is 5.41. The van der Waals surface area contributed by atoms with Gasteiger partial charge in [0.25, 0.3) is 0 Å². The van der Waals surface area contributed by atoms with Crippen LogP contribution in [-0.2, 0) is 10.2 Å². The molecule has 0 spiro atoms. The molecule has 17 heavy (non-hydrogen) atoms. The van der Waals surface area contributed by atoms with E-state index in [1.165, 1.54) is 6.42 Å². The molecule has 0 radical (unpaired) electrons. The predicted molar refractivity (Wildman–Crippen MR) is 63.8 cm³/mol. The number of hydrogen-bond donors (Lipinski definition) is 2. The Morgan fingerprint density at radius 2 is 2.35 bits per heavy atom. The lowest BCUT2D eigenvalue weighted by Crippen LogP contribution is -2.34. The summed E-state index contributed by atoms with van der Waals surface area (Å²) in [4.78, 5) is 4.68. The Balaban J connectivity index is 1.78. The first-order valence-corrected chi connectivity index (χ1v) is 6.52. The van der Waals surface area contributed by atoms with Gasteiger partial charge < -0.3 is 10.1 Å². The number of aromatic amines is 1. The molecule has 0 bridgehead atoms. The summed E-state index contributed by atoms with van der Waals surface area (Å²) in [6.07, 6.45) is 4.59. The van der Waals surface area contributed by atoms with Gasteiger partial charge >= 0.3 is 0 Å². The number of aromatic nitrogens is 3. The fraction of sp³-hybridized carbons (Fsp3) is 0.833. The maximum Gasteiger partial charge on any atom is 0.158 e. The number of nitrogens with one attached hydrogen (secondary N) is 2. The van der Waals surface area contributed by atoms with Gasteiger partial charge in [-0.3, -0.25) is 5.10 Å². The molecule has 2 atom stereocenters. The van der Waals surface area contributed by atoms with E-state index >= 15 is 0 Å². The summed E-state index contributed by atoms with van der Waals surface area (Å²) in [6.45, 7) is 4.89. The van der Waals surface area contributed by atoms with Crippen LogP contribution in [0.2, 0.25) is 0 Å². The van der Waals surface area contributed by atoms with Crippen molar-refractivity contribution in [2.75, 3.05) is 19.8 Å². The maximum atomic E-state index is 5.56. The van der Waals surface area contributed by atoms with E-state index in [-0.39, 0.29) is 5.41 Å². The molecule has 2 aliphatic heterocycles. The van der Waals surface area contributed by atoms with Crippen LogP contribution < -0.4 is 5.32 Å². The van der Waals surface area contributed by atoms with Crippen molar-refractivity contribution in [2.24, 2.45) is 0 Å². The second-order valence-electron chi connectivity index (χ2n) is 5.41. The second kappa shape index (κ2) is 4.38. The largest absolute Gasteiger partial charge is 0.380 e. The Kier molecular flexibility index (Phi) is 2.88. The van der Waals surface area contributed by atoms with Crippen molar-refractivity contribution in [1.29, 1.82) is 0 Å².